The number of esters is 2. The summed E-state index contributed by atoms with van der Waals surface area (Å²) in [5.74, 6) is -1.38. The lowest BCUT2D eigenvalue weighted by Gasteiger charge is -2.30. The van der Waals surface area contributed by atoms with E-state index >= 15 is 0 Å². The maximum atomic E-state index is 13.0. The van der Waals surface area contributed by atoms with Crippen molar-refractivity contribution in [3.63, 3.8) is 0 Å². The van der Waals surface area contributed by atoms with E-state index in [1.54, 1.807) is 13.8 Å². The van der Waals surface area contributed by atoms with Gasteiger partial charge in [0, 0.05) is 6.42 Å². The molecule has 3 rings (SSSR count). The maximum Gasteiger partial charge on any atom is 0.324 e. The molecule has 0 N–H and O–H groups in total. The van der Waals surface area contributed by atoms with Crippen molar-refractivity contribution in [2.24, 2.45) is 5.41 Å². The van der Waals surface area contributed by atoms with Gasteiger partial charge in [0.25, 0.3) is 0 Å². The van der Waals surface area contributed by atoms with E-state index in [9.17, 15) is 9.59 Å². The summed E-state index contributed by atoms with van der Waals surface area (Å²) >= 11 is 0. The smallest absolute Gasteiger partial charge is 0.324 e. The molecule has 1 saturated heterocycles. The first-order valence-corrected chi connectivity index (χ1v) is 13.0. The molecule has 1 aliphatic heterocycles. The van der Waals surface area contributed by atoms with Crippen LogP contribution in [0.25, 0.3) is 0 Å². The lowest BCUT2D eigenvalue weighted by atomic mass is 9.80. The minimum Gasteiger partial charge on any atom is -0.465 e. The zero-order valence-electron chi connectivity index (χ0n) is 22.2. The minimum atomic E-state index is -1.63. The SMILES string of the molecule is C=CCC(CC1O[C@@H](COCc2ccccc2)[C@H](COCc2ccccc2)O1)(C(=O)OCC)C(=O)OCC. The van der Waals surface area contributed by atoms with Crippen LogP contribution in [0.3, 0.4) is 0 Å². The third-order valence-corrected chi connectivity index (χ3v) is 6.20. The molecule has 1 fully saturated rings. The molecule has 1 aliphatic rings. The first kappa shape index (κ1) is 29.5. The number of ether oxygens (including phenoxy) is 6. The van der Waals surface area contributed by atoms with Gasteiger partial charge >= 0.3 is 11.9 Å². The second kappa shape index (κ2) is 15.4. The molecule has 0 amide bonds. The fourth-order valence-electron chi connectivity index (χ4n) is 4.29. The van der Waals surface area contributed by atoms with Gasteiger partial charge in [0.05, 0.1) is 39.6 Å². The largest absolute Gasteiger partial charge is 0.465 e. The molecule has 38 heavy (non-hydrogen) atoms. The molecule has 2 aromatic rings. The van der Waals surface area contributed by atoms with Crippen LogP contribution in [0.15, 0.2) is 73.3 Å². The zero-order valence-corrected chi connectivity index (χ0v) is 22.2. The van der Waals surface area contributed by atoms with E-state index in [2.05, 4.69) is 6.58 Å². The van der Waals surface area contributed by atoms with Crippen molar-refractivity contribution in [1.29, 1.82) is 0 Å². The van der Waals surface area contributed by atoms with Crippen LogP contribution in [0.4, 0.5) is 0 Å². The highest BCUT2D eigenvalue weighted by atomic mass is 16.7. The van der Waals surface area contributed by atoms with E-state index in [4.69, 9.17) is 28.4 Å². The highest BCUT2D eigenvalue weighted by Gasteiger charge is 2.52. The molecule has 0 saturated carbocycles. The number of hydrogen-bond acceptors (Lipinski definition) is 8. The van der Waals surface area contributed by atoms with Gasteiger partial charge in [-0.3, -0.25) is 9.59 Å². The Bertz CT molecular complexity index is 922. The summed E-state index contributed by atoms with van der Waals surface area (Å²) in [6.07, 6.45) is -0.363. The van der Waals surface area contributed by atoms with Crippen LogP contribution in [0.5, 0.6) is 0 Å². The number of allylic oxidation sites excluding steroid dienone is 1. The van der Waals surface area contributed by atoms with Crippen LogP contribution in [0.1, 0.15) is 37.8 Å². The number of carbonyl (C=O) groups is 2. The molecule has 2 atom stereocenters. The molecule has 0 aromatic heterocycles. The van der Waals surface area contributed by atoms with Crippen molar-refractivity contribution >= 4 is 11.9 Å². The molecule has 2 aromatic carbocycles. The lowest BCUT2D eigenvalue weighted by Crippen LogP contribution is -2.44. The van der Waals surface area contributed by atoms with Crippen LogP contribution < -0.4 is 0 Å². The Morgan fingerprint density at radius 3 is 1.66 bits per heavy atom. The second-order valence-electron chi connectivity index (χ2n) is 9.00. The van der Waals surface area contributed by atoms with Crippen molar-refractivity contribution in [1.82, 2.24) is 0 Å². The monoisotopic (exact) mass is 526 g/mol. The van der Waals surface area contributed by atoms with Gasteiger partial charge in [-0.25, -0.2) is 0 Å². The molecule has 0 aliphatic carbocycles. The van der Waals surface area contributed by atoms with Crippen molar-refractivity contribution in [2.45, 2.75) is 58.4 Å². The van der Waals surface area contributed by atoms with Gasteiger partial charge < -0.3 is 28.4 Å². The van der Waals surface area contributed by atoms with E-state index in [1.165, 1.54) is 6.08 Å². The Kier molecular flexibility index (Phi) is 12.0. The standard InChI is InChI=1S/C30H38O8/c1-4-17-30(28(31)35-5-2,29(32)36-6-3)18-27-37-25(21-33-19-23-13-9-7-10-14-23)26(38-27)22-34-20-24-15-11-8-12-16-24/h4,7-16,25-27H,1,5-6,17-22H2,2-3H3/t25-,26-/m0/s1. The Morgan fingerprint density at radius 2 is 1.26 bits per heavy atom. The Balaban J connectivity index is 1.72. The van der Waals surface area contributed by atoms with Crippen LogP contribution in [-0.2, 0) is 51.2 Å². The second-order valence-corrected chi connectivity index (χ2v) is 9.00. The number of benzene rings is 2. The zero-order chi connectivity index (χ0) is 27.2. The lowest BCUT2D eigenvalue weighted by molar-refractivity contribution is -0.181. The van der Waals surface area contributed by atoms with Crippen LogP contribution in [-0.4, -0.2) is 56.9 Å². The van der Waals surface area contributed by atoms with Crippen molar-refractivity contribution in [3.8, 4) is 0 Å². The van der Waals surface area contributed by atoms with Gasteiger partial charge in [-0.1, -0.05) is 66.7 Å². The Hall–Kier alpha value is -3.04. The summed E-state index contributed by atoms with van der Waals surface area (Å²) in [6.45, 7) is 8.67. The number of carbonyl (C=O) groups excluding carboxylic acids is 2. The summed E-state index contributed by atoms with van der Waals surface area (Å²) in [5, 5.41) is 0. The number of hydrogen-bond donors (Lipinski definition) is 0. The van der Waals surface area contributed by atoms with Gasteiger partial charge in [-0.2, -0.15) is 0 Å². The third kappa shape index (κ3) is 8.23. The quantitative estimate of drug-likeness (QED) is 0.178. The van der Waals surface area contributed by atoms with E-state index in [0.717, 1.165) is 11.1 Å². The summed E-state index contributed by atoms with van der Waals surface area (Å²) in [6, 6.07) is 19.6. The van der Waals surface area contributed by atoms with Gasteiger partial charge in [0.1, 0.15) is 12.2 Å². The van der Waals surface area contributed by atoms with Crippen LogP contribution in [0.2, 0.25) is 0 Å². The van der Waals surface area contributed by atoms with Gasteiger partial charge in [-0.15, -0.1) is 6.58 Å². The van der Waals surface area contributed by atoms with Crippen molar-refractivity contribution < 1.29 is 38.0 Å². The summed E-state index contributed by atoms with van der Waals surface area (Å²) in [7, 11) is 0. The van der Waals surface area contributed by atoms with Crippen LogP contribution >= 0.6 is 0 Å². The molecule has 1 heterocycles. The molecule has 8 heteroatoms. The normalized spacial score (nSPS) is 17.7. The van der Waals surface area contributed by atoms with Gasteiger partial charge in [0.15, 0.2) is 11.7 Å². The van der Waals surface area contributed by atoms with Crippen molar-refractivity contribution in [3.05, 3.63) is 84.4 Å². The minimum absolute atomic E-state index is 0.0260. The summed E-state index contributed by atoms with van der Waals surface area (Å²) in [5.41, 5.74) is 0.442. The first-order valence-electron chi connectivity index (χ1n) is 13.0. The maximum absolute atomic E-state index is 13.0. The molecule has 206 valence electrons. The average Bonchev–Trinajstić information content (AvgIpc) is 3.30. The van der Waals surface area contributed by atoms with Gasteiger partial charge in [-0.05, 0) is 31.4 Å². The average molecular weight is 527 g/mol. The molecule has 8 nitrogen and oxygen atoms in total. The summed E-state index contributed by atoms with van der Waals surface area (Å²) in [4.78, 5) is 26.1. The third-order valence-electron chi connectivity index (χ3n) is 6.20. The first-order chi connectivity index (χ1) is 18.5. The molecule has 0 radical (unpaired) electrons. The van der Waals surface area contributed by atoms with Crippen molar-refractivity contribution in [2.75, 3.05) is 26.4 Å². The molecular weight excluding hydrogens is 488 g/mol. The van der Waals surface area contributed by atoms with Crippen LogP contribution in [0, 0.1) is 5.41 Å². The Morgan fingerprint density at radius 1 is 0.816 bits per heavy atom. The number of rotatable bonds is 16. The fraction of sp³-hybridized carbons (Fsp3) is 0.467. The van der Waals surface area contributed by atoms with E-state index < -0.39 is 35.9 Å². The molecule has 0 spiro atoms. The highest BCUT2D eigenvalue weighted by molar-refractivity contribution is 6.00. The van der Waals surface area contributed by atoms with E-state index in [0.29, 0.717) is 13.2 Å². The predicted octanol–water partition coefficient (Wildman–Crippen LogP) is 4.61. The van der Waals surface area contributed by atoms with E-state index in [-0.39, 0.29) is 39.3 Å². The molecule has 0 bridgehead atoms. The fourth-order valence-corrected chi connectivity index (χ4v) is 4.29. The molecule has 0 unspecified atom stereocenters. The highest BCUT2D eigenvalue weighted by Crippen LogP contribution is 2.37. The summed E-state index contributed by atoms with van der Waals surface area (Å²) < 4.78 is 34.8. The Labute approximate surface area is 224 Å². The topological polar surface area (TPSA) is 89.5 Å². The molecular formula is C30H38O8. The van der Waals surface area contributed by atoms with E-state index in [1.807, 2.05) is 60.7 Å². The van der Waals surface area contributed by atoms with Gasteiger partial charge in [0.2, 0.25) is 0 Å². The predicted molar refractivity (Wildman–Crippen MR) is 141 cm³/mol.